The minimum atomic E-state index is -0.250. The highest BCUT2D eigenvalue weighted by molar-refractivity contribution is 5.41. The number of phenols is 1. The summed E-state index contributed by atoms with van der Waals surface area (Å²) < 4.78 is 23.9. The van der Waals surface area contributed by atoms with Gasteiger partial charge < -0.3 is 14.6 Å². The number of hydrogen-bond donors (Lipinski definition) is 1. The molecule has 0 spiro atoms. The third-order valence-electron chi connectivity index (χ3n) is 4.55. The Morgan fingerprint density at radius 1 is 1.20 bits per heavy atom. The SMILES string of the molecule is COc1cc(CN2CCC[C@@H](COc3ccc(F)cc3)C2)ccc1O. The van der Waals surface area contributed by atoms with E-state index in [-0.39, 0.29) is 11.6 Å². The third-order valence-corrected chi connectivity index (χ3v) is 4.55. The van der Waals surface area contributed by atoms with Crippen molar-refractivity contribution in [3.05, 3.63) is 53.8 Å². The van der Waals surface area contributed by atoms with Gasteiger partial charge in [-0.15, -0.1) is 0 Å². The highest BCUT2D eigenvalue weighted by atomic mass is 19.1. The molecule has 0 saturated carbocycles. The van der Waals surface area contributed by atoms with Crippen LogP contribution in [0.4, 0.5) is 4.39 Å². The van der Waals surface area contributed by atoms with Crippen LogP contribution in [0.25, 0.3) is 0 Å². The van der Waals surface area contributed by atoms with Crippen molar-refractivity contribution >= 4 is 0 Å². The summed E-state index contributed by atoms with van der Waals surface area (Å²) in [4.78, 5) is 2.40. The molecular formula is C20H24FNO3. The van der Waals surface area contributed by atoms with E-state index in [1.807, 2.05) is 12.1 Å². The minimum Gasteiger partial charge on any atom is -0.504 e. The molecule has 1 fully saturated rings. The molecule has 1 N–H and O–H groups in total. The fourth-order valence-corrected chi connectivity index (χ4v) is 3.25. The number of likely N-dealkylation sites (tertiary alicyclic amines) is 1. The first-order valence-corrected chi connectivity index (χ1v) is 8.60. The lowest BCUT2D eigenvalue weighted by atomic mass is 9.98. The van der Waals surface area contributed by atoms with Crippen LogP contribution < -0.4 is 9.47 Å². The molecule has 4 nitrogen and oxygen atoms in total. The van der Waals surface area contributed by atoms with Gasteiger partial charge in [0.25, 0.3) is 0 Å². The van der Waals surface area contributed by atoms with E-state index >= 15 is 0 Å². The highest BCUT2D eigenvalue weighted by Crippen LogP contribution is 2.28. The molecule has 2 aromatic rings. The Bertz CT molecular complexity index is 690. The largest absolute Gasteiger partial charge is 0.504 e. The third kappa shape index (κ3) is 4.86. The second kappa shape index (κ2) is 8.21. The van der Waals surface area contributed by atoms with Crippen molar-refractivity contribution in [1.29, 1.82) is 0 Å². The van der Waals surface area contributed by atoms with Crippen LogP contribution in [0.3, 0.4) is 0 Å². The number of rotatable bonds is 6. The van der Waals surface area contributed by atoms with Crippen LogP contribution >= 0.6 is 0 Å². The number of halogens is 1. The van der Waals surface area contributed by atoms with Crippen LogP contribution in [0.5, 0.6) is 17.2 Å². The molecule has 1 aliphatic heterocycles. The lowest BCUT2D eigenvalue weighted by molar-refractivity contribution is 0.125. The molecule has 0 radical (unpaired) electrons. The number of benzene rings is 2. The Labute approximate surface area is 147 Å². The highest BCUT2D eigenvalue weighted by Gasteiger charge is 2.21. The number of nitrogens with zero attached hydrogens (tertiary/aromatic N) is 1. The summed E-state index contributed by atoms with van der Waals surface area (Å²) in [5, 5.41) is 9.70. The van der Waals surface area contributed by atoms with Gasteiger partial charge >= 0.3 is 0 Å². The molecule has 3 rings (SSSR count). The van der Waals surface area contributed by atoms with Crippen LogP contribution in [0.15, 0.2) is 42.5 Å². The van der Waals surface area contributed by atoms with Crippen molar-refractivity contribution < 1.29 is 19.0 Å². The smallest absolute Gasteiger partial charge is 0.160 e. The van der Waals surface area contributed by atoms with Crippen LogP contribution in [0.1, 0.15) is 18.4 Å². The summed E-state index contributed by atoms with van der Waals surface area (Å²) >= 11 is 0. The number of aromatic hydroxyl groups is 1. The van der Waals surface area contributed by atoms with Gasteiger partial charge in [0, 0.05) is 19.0 Å². The maximum atomic E-state index is 12.9. The lowest BCUT2D eigenvalue weighted by Crippen LogP contribution is -2.37. The van der Waals surface area contributed by atoms with Gasteiger partial charge in [0.2, 0.25) is 0 Å². The molecule has 5 heteroatoms. The average molecular weight is 345 g/mol. The van der Waals surface area contributed by atoms with Crippen molar-refractivity contribution in [2.24, 2.45) is 5.92 Å². The van der Waals surface area contributed by atoms with E-state index in [0.717, 1.165) is 38.0 Å². The summed E-state index contributed by atoms with van der Waals surface area (Å²) in [5.74, 6) is 1.58. The standard InChI is InChI=1S/C20H24FNO3/c1-24-20-11-15(4-9-19(20)23)12-22-10-2-3-16(13-22)14-25-18-7-5-17(21)6-8-18/h4-9,11,16,23H,2-3,10,12-14H2,1H3/t16-/m1/s1. The van der Waals surface area contributed by atoms with Crippen LogP contribution in [-0.4, -0.2) is 36.8 Å². The quantitative estimate of drug-likeness (QED) is 0.864. The van der Waals surface area contributed by atoms with E-state index < -0.39 is 0 Å². The van der Waals surface area contributed by atoms with Crippen molar-refractivity contribution in [1.82, 2.24) is 4.90 Å². The van der Waals surface area contributed by atoms with Crippen molar-refractivity contribution in [3.63, 3.8) is 0 Å². The maximum Gasteiger partial charge on any atom is 0.160 e. The second-order valence-corrected chi connectivity index (χ2v) is 6.51. The normalized spacial score (nSPS) is 18.1. The lowest BCUT2D eigenvalue weighted by Gasteiger charge is -2.32. The fourth-order valence-electron chi connectivity index (χ4n) is 3.25. The van der Waals surface area contributed by atoms with Gasteiger partial charge in [0.15, 0.2) is 11.5 Å². The molecule has 0 bridgehead atoms. The first-order valence-electron chi connectivity index (χ1n) is 8.60. The topological polar surface area (TPSA) is 41.9 Å². The molecule has 0 aliphatic carbocycles. The molecule has 1 saturated heterocycles. The Morgan fingerprint density at radius 2 is 2.00 bits per heavy atom. The van der Waals surface area contributed by atoms with Crippen LogP contribution in [0.2, 0.25) is 0 Å². The van der Waals surface area contributed by atoms with Gasteiger partial charge in [0.05, 0.1) is 13.7 Å². The summed E-state index contributed by atoms with van der Waals surface area (Å²) in [6.07, 6.45) is 2.27. The molecule has 0 unspecified atom stereocenters. The maximum absolute atomic E-state index is 12.9. The van der Waals surface area contributed by atoms with Crippen molar-refractivity contribution in [2.75, 3.05) is 26.8 Å². The summed E-state index contributed by atoms with van der Waals surface area (Å²) in [7, 11) is 1.56. The molecule has 1 atom stereocenters. The molecule has 0 aromatic heterocycles. The van der Waals surface area contributed by atoms with E-state index in [4.69, 9.17) is 9.47 Å². The summed E-state index contributed by atoms with van der Waals surface area (Å²) in [5.41, 5.74) is 1.12. The molecular weight excluding hydrogens is 321 g/mol. The molecule has 1 aliphatic rings. The molecule has 2 aromatic carbocycles. The van der Waals surface area contributed by atoms with E-state index in [1.165, 1.54) is 12.1 Å². The Kier molecular flexibility index (Phi) is 5.76. The van der Waals surface area contributed by atoms with Gasteiger partial charge in [-0.25, -0.2) is 4.39 Å². The zero-order chi connectivity index (χ0) is 17.6. The minimum absolute atomic E-state index is 0.162. The number of piperidine rings is 1. The van der Waals surface area contributed by atoms with Gasteiger partial charge in [-0.1, -0.05) is 6.07 Å². The Balaban J connectivity index is 1.53. The number of ether oxygens (including phenoxy) is 2. The number of hydrogen-bond acceptors (Lipinski definition) is 4. The molecule has 0 amide bonds. The molecule has 1 heterocycles. The average Bonchev–Trinajstić information content (AvgIpc) is 2.63. The van der Waals surface area contributed by atoms with Gasteiger partial charge in [0.1, 0.15) is 11.6 Å². The first kappa shape index (κ1) is 17.5. The van der Waals surface area contributed by atoms with Gasteiger partial charge in [-0.2, -0.15) is 0 Å². The van der Waals surface area contributed by atoms with Crippen molar-refractivity contribution in [3.8, 4) is 17.2 Å². The zero-order valence-corrected chi connectivity index (χ0v) is 14.5. The number of phenolic OH excluding ortho intramolecular Hbond substituents is 1. The monoisotopic (exact) mass is 345 g/mol. The van der Waals surface area contributed by atoms with Crippen LogP contribution in [0, 0.1) is 11.7 Å². The van der Waals surface area contributed by atoms with E-state index in [9.17, 15) is 9.50 Å². The molecule has 134 valence electrons. The van der Waals surface area contributed by atoms with E-state index in [1.54, 1.807) is 25.3 Å². The second-order valence-electron chi connectivity index (χ2n) is 6.51. The first-order chi connectivity index (χ1) is 12.1. The predicted molar refractivity (Wildman–Crippen MR) is 94.6 cm³/mol. The fraction of sp³-hybridized carbons (Fsp3) is 0.400. The summed E-state index contributed by atoms with van der Waals surface area (Å²) in [6, 6.07) is 11.6. The van der Waals surface area contributed by atoms with Gasteiger partial charge in [-0.05, 0) is 61.3 Å². The summed E-state index contributed by atoms with van der Waals surface area (Å²) in [6.45, 7) is 3.48. The number of methoxy groups -OCH3 is 1. The Morgan fingerprint density at radius 3 is 2.76 bits per heavy atom. The van der Waals surface area contributed by atoms with Gasteiger partial charge in [-0.3, -0.25) is 4.90 Å². The van der Waals surface area contributed by atoms with Crippen molar-refractivity contribution in [2.45, 2.75) is 19.4 Å². The van der Waals surface area contributed by atoms with E-state index in [2.05, 4.69) is 4.90 Å². The molecule has 25 heavy (non-hydrogen) atoms. The van der Waals surface area contributed by atoms with Crippen LogP contribution in [-0.2, 0) is 6.54 Å². The Hall–Kier alpha value is -2.27. The van der Waals surface area contributed by atoms with E-state index in [0.29, 0.717) is 24.0 Å². The predicted octanol–water partition coefficient (Wildman–Crippen LogP) is 3.83. The zero-order valence-electron chi connectivity index (χ0n) is 14.5.